The van der Waals surface area contributed by atoms with Crippen LogP contribution < -0.4 is 5.32 Å². The van der Waals surface area contributed by atoms with Crippen molar-refractivity contribution >= 4 is 39.8 Å². The van der Waals surface area contributed by atoms with E-state index < -0.39 is 0 Å². The normalized spacial score (nSPS) is 10.9. The standard InChI is InChI=1S/C15H11N3OS2/c19-14(7-6-11-4-3-9-20-11)18-15-17-13(10-21-15)12-5-1-2-8-16-12/h1-10H,(H,17,18,19). The van der Waals surface area contributed by atoms with Crippen molar-refractivity contribution in [1.82, 2.24) is 9.97 Å². The van der Waals surface area contributed by atoms with Crippen molar-refractivity contribution in [1.29, 1.82) is 0 Å². The summed E-state index contributed by atoms with van der Waals surface area (Å²) < 4.78 is 0. The molecule has 0 spiro atoms. The Morgan fingerprint density at radius 3 is 2.86 bits per heavy atom. The van der Waals surface area contributed by atoms with Crippen LogP contribution in [0.15, 0.2) is 53.4 Å². The lowest BCUT2D eigenvalue weighted by Crippen LogP contribution is -2.07. The van der Waals surface area contributed by atoms with Crippen LogP contribution >= 0.6 is 22.7 Å². The number of carbonyl (C=O) groups is 1. The second kappa shape index (κ2) is 6.43. The number of carbonyl (C=O) groups excluding carboxylic acids is 1. The highest BCUT2D eigenvalue weighted by atomic mass is 32.1. The Kier molecular flexibility index (Phi) is 4.18. The van der Waals surface area contributed by atoms with E-state index in [0.29, 0.717) is 5.13 Å². The minimum atomic E-state index is -0.190. The smallest absolute Gasteiger partial charge is 0.250 e. The van der Waals surface area contributed by atoms with Crippen LogP contribution in [0.1, 0.15) is 4.88 Å². The van der Waals surface area contributed by atoms with Crippen LogP contribution in [0, 0.1) is 0 Å². The number of thiazole rings is 1. The molecule has 1 N–H and O–H groups in total. The van der Waals surface area contributed by atoms with E-state index >= 15 is 0 Å². The Bertz CT molecular complexity index is 748. The predicted octanol–water partition coefficient (Wildman–Crippen LogP) is 3.92. The third-order valence-electron chi connectivity index (χ3n) is 2.60. The average molecular weight is 313 g/mol. The van der Waals surface area contributed by atoms with Crippen LogP contribution in [0.2, 0.25) is 0 Å². The topological polar surface area (TPSA) is 54.9 Å². The minimum Gasteiger partial charge on any atom is -0.298 e. The highest BCUT2D eigenvalue weighted by Gasteiger charge is 2.06. The first-order valence-electron chi connectivity index (χ1n) is 6.21. The lowest BCUT2D eigenvalue weighted by Gasteiger charge is -1.96. The fourth-order valence-electron chi connectivity index (χ4n) is 1.65. The van der Waals surface area contributed by atoms with E-state index in [9.17, 15) is 4.79 Å². The Hall–Kier alpha value is -2.31. The molecule has 3 rings (SSSR count). The van der Waals surface area contributed by atoms with E-state index in [1.54, 1.807) is 23.6 Å². The molecule has 3 aromatic heterocycles. The Balaban J connectivity index is 1.66. The maximum Gasteiger partial charge on any atom is 0.250 e. The summed E-state index contributed by atoms with van der Waals surface area (Å²) in [4.78, 5) is 21.4. The fraction of sp³-hybridized carbons (Fsp3) is 0. The molecule has 0 aliphatic rings. The van der Waals surface area contributed by atoms with Gasteiger partial charge in [-0.3, -0.25) is 15.1 Å². The molecule has 0 aromatic carbocycles. The summed E-state index contributed by atoms with van der Waals surface area (Å²) >= 11 is 2.97. The maximum atomic E-state index is 11.8. The van der Waals surface area contributed by atoms with Gasteiger partial charge in [-0.25, -0.2) is 4.98 Å². The van der Waals surface area contributed by atoms with E-state index in [1.165, 1.54) is 17.4 Å². The van der Waals surface area contributed by atoms with Crippen molar-refractivity contribution in [3.63, 3.8) is 0 Å². The summed E-state index contributed by atoms with van der Waals surface area (Å²) in [5.74, 6) is -0.190. The van der Waals surface area contributed by atoms with Crippen molar-refractivity contribution < 1.29 is 4.79 Å². The molecule has 0 bridgehead atoms. The van der Waals surface area contributed by atoms with Crippen LogP contribution in [0.3, 0.4) is 0 Å². The van der Waals surface area contributed by atoms with Gasteiger partial charge < -0.3 is 0 Å². The van der Waals surface area contributed by atoms with Gasteiger partial charge in [-0.1, -0.05) is 12.1 Å². The molecule has 0 radical (unpaired) electrons. The van der Waals surface area contributed by atoms with Crippen LogP contribution in [0.25, 0.3) is 17.5 Å². The van der Waals surface area contributed by atoms with Crippen LogP contribution in [0.5, 0.6) is 0 Å². The predicted molar refractivity (Wildman–Crippen MR) is 87.3 cm³/mol. The zero-order valence-electron chi connectivity index (χ0n) is 10.9. The molecule has 0 aliphatic carbocycles. The first-order chi connectivity index (χ1) is 10.3. The van der Waals surface area contributed by atoms with E-state index in [0.717, 1.165) is 16.3 Å². The van der Waals surface area contributed by atoms with Crippen LogP contribution in [0.4, 0.5) is 5.13 Å². The number of nitrogens with zero attached hydrogens (tertiary/aromatic N) is 2. The highest BCUT2D eigenvalue weighted by molar-refractivity contribution is 7.14. The monoisotopic (exact) mass is 313 g/mol. The lowest BCUT2D eigenvalue weighted by atomic mass is 10.3. The van der Waals surface area contributed by atoms with Gasteiger partial charge in [0.2, 0.25) is 5.91 Å². The summed E-state index contributed by atoms with van der Waals surface area (Å²) in [6, 6.07) is 9.55. The van der Waals surface area contributed by atoms with Gasteiger partial charge in [0.15, 0.2) is 5.13 Å². The quantitative estimate of drug-likeness (QED) is 0.743. The number of aromatic nitrogens is 2. The van der Waals surface area contributed by atoms with Gasteiger partial charge in [0, 0.05) is 22.5 Å². The Morgan fingerprint density at radius 1 is 1.14 bits per heavy atom. The van der Waals surface area contributed by atoms with Gasteiger partial charge in [0.1, 0.15) is 5.69 Å². The van der Waals surface area contributed by atoms with E-state index in [-0.39, 0.29) is 5.91 Å². The molecular formula is C15H11N3OS2. The molecule has 0 saturated heterocycles. The number of hydrogen-bond donors (Lipinski definition) is 1. The average Bonchev–Trinajstić information content (AvgIpc) is 3.17. The summed E-state index contributed by atoms with van der Waals surface area (Å²) in [6.45, 7) is 0. The van der Waals surface area contributed by atoms with E-state index in [1.807, 2.05) is 41.1 Å². The van der Waals surface area contributed by atoms with E-state index in [4.69, 9.17) is 0 Å². The number of pyridine rings is 1. The van der Waals surface area contributed by atoms with Gasteiger partial charge in [0.25, 0.3) is 0 Å². The van der Waals surface area contributed by atoms with Gasteiger partial charge >= 0.3 is 0 Å². The van der Waals surface area contributed by atoms with Crippen molar-refractivity contribution in [2.45, 2.75) is 0 Å². The number of nitrogens with one attached hydrogen (secondary N) is 1. The second-order valence-electron chi connectivity index (χ2n) is 4.09. The molecule has 0 saturated carbocycles. The third-order valence-corrected chi connectivity index (χ3v) is 4.20. The van der Waals surface area contributed by atoms with Crippen molar-refractivity contribution in [3.05, 3.63) is 58.2 Å². The summed E-state index contributed by atoms with van der Waals surface area (Å²) in [7, 11) is 0. The summed E-state index contributed by atoms with van der Waals surface area (Å²) in [5.41, 5.74) is 1.56. The third kappa shape index (κ3) is 3.62. The molecule has 6 heteroatoms. The molecule has 4 nitrogen and oxygen atoms in total. The molecule has 0 unspecified atom stereocenters. The largest absolute Gasteiger partial charge is 0.298 e. The molecule has 104 valence electrons. The van der Waals surface area contributed by atoms with Crippen molar-refractivity contribution in [2.24, 2.45) is 0 Å². The first kappa shape index (κ1) is 13.7. The molecule has 21 heavy (non-hydrogen) atoms. The fourth-order valence-corrected chi connectivity index (χ4v) is 2.98. The van der Waals surface area contributed by atoms with Gasteiger partial charge in [-0.05, 0) is 29.7 Å². The van der Waals surface area contributed by atoms with Crippen molar-refractivity contribution in [3.8, 4) is 11.4 Å². The zero-order chi connectivity index (χ0) is 14.5. The number of amides is 1. The maximum absolute atomic E-state index is 11.8. The summed E-state index contributed by atoms with van der Waals surface area (Å²) in [6.07, 6.45) is 5.01. The molecular weight excluding hydrogens is 302 g/mol. The number of anilines is 1. The van der Waals surface area contributed by atoms with Gasteiger partial charge in [0.05, 0.1) is 5.69 Å². The van der Waals surface area contributed by atoms with Gasteiger partial charge in [-0.2, -0.15) is 0 Å². The summed E-state index contributed by atoms with van der Waals surface area (Å²) in [5, 5.41) is 7.16. The molecule has 3 heterocycles. The minimum absolute atomic E-state index is 0.190. The molecule has 1 amide bonds. The lowest BCUT2D eigenvalue weighted by molar-refractivity contribution is -0.111. The van der Waals surface area contributed by atoms with Crippen molar-refractivity contribution in [2.75, 3.05) is 5.32 Å². The van der Waals surface area contributed by atoms with Crippen LogP contribution in [-0.4, -0.2) is 15.9 Å². The number of thiophene rings is 1. The molecule has 0 atom stereocenters. The number of hydrogen-bond acceptors (Lipinski definition) is 5. The Labute approximate surface area is 129 Å². The first-order valence-corrected chi connectivity index (χ1v) is 7.97. The SMILES string of the molecule is O=C(C=Cc1cccs1)Nc1nc(-c2ccccn2)cs1. The van der Waals surface area contributed by atoms with Crippen LogP contribution in [-0.2, 0) is 4.79 Å². The van der Waals surface area contributed by atoms with Gasteiger partial charge in [-0.15, -0.1) is 22.7 Å². The zero-order valence-corrected chi connectivity index (χ0v) is 12.5. The number of rotatable bonds is 4. The second-order valence-corrected chi connectivity index (χ2v) is 5.93. The highest BCUT2D eigenvalue weighted by Crippen LogP contribution is 2.23. The molecule has 3 aromatic rings. The molecule has 0 aliphatic heterocycles. The molecule has 0 fully saturated rings. The Morgan fingerprint density at radius 2 is 2.10 bits per heavy atom. The van der Waals surface area contributed by atoms with E-state index in [2.05, 4.69) is 15.3 Å².